The van der Waals surface area contributed by atoms with Crippen molar-refractivity contribution >= 4 is 34.8 Å². The van der Waals surface area contributed by atoms with Gasteiger partial charge in [0.05, 0.1) is 15.7 Å². The Labute approximate surface area is 98.5 Å². The second-order valence-corrected chi connectivity index (χ2v) is 3.90. The number of anilines is 1. The third-order valence-corrected chi connectivity index (χ3v) is 2.67. The second kappa shape index (κ2) is 5.24. The number of benzene rings is 1. The highest BCUT2D eigenvalue weighted by Gasteiger charge is 2.10. The van der Waals surface area contributed by atoms with Gasteiger partial charge < -0.3 is 11.1 Å². The lowest BCUT2D eigenvalue weighted by Gasteiger charge is -2.06. The first-order chi connectivity index (χ1) is 7.06. The molecule has 5 heteroatoms. The summed E-state index contributed by atoms with van der Waals surface area (Å²) in [5.74, 6) is -0.192. The Morgan fingerprint density at radius 3 is 2.67 bits per heavy atom. The van der Waals surface area contributed by atoms with Crippen LogP contribution in [0.15, 0.2) is 12.1 Å². The van der Waals surface area contributed by atoms with Crippen LogP contribution in [-0.4, -0.2) is 12.5 Å². The van der Waals surface area contributed by atoms with Crippen LogP contribution in [0.25, 0.3) is 0 Å². The maximum Gasteiger partial charge on any atom is 0.251 e. The van der Waals surface area contributed by atoms with Crippen molar-refractivity contribution in [3.63, 3.8) is 0 Å². The zero-order valence-corrected chi connectivity index (χ0v) is 9.82. The smallest absolute Gasteiger partial charge is 0.251 e. The first kappa shape index (κ1) is 12.1. The largest absolute Gasteiger partial charge is 0.397 e. The van der Waals surface area contributed by atoms with Crippen LogP contribution in [0.1, 0.15) is 23.7 Å². The van der Waals surface area contributed by atoms with Gasteiger partial charge in [-0.3, -0.25) is 4.79 Å². The molecule has 0 spiro atoms. The van der Waals surface area contributed by atoms with Crippen molar-refractivity contribution < 1.29 is 4.79 Å². The number of hydrogen-bond acceptors (Lipinski definition) is 2. The van der Waals surface area contributed by atoms with Gasteiger partial charge in [-0.15, -0.1) is 0 Å². The number of rotatable bonds is 3. The lowest BCUT2D eigenvalue weighted by molar-refractivity contribution is 0.0953. The van der Waals surface area contributed by atoms with Crippen molar-refractivity contribution in [3.8, 4) is 0 Å². The molecule has 0 aliphatic rings. The van der Waals surface area contributed by atoms with E-state index in [1.54, 1.807) is 0 Å². The zero-order valence-electron chi connectivity index (χ0n) is 8.31. The summed E-state index contributed by atoms with van der Waals surface area (Å²) in [6.07, 6.45) is 0.878. The third-order valence-electron chi connectivity index (χ3n) is 1.85. The first-order valence-electron chi connectivity index (χ1n) is 4.59. The molecule has 1 aromatic carbocycles. The summed E-state index contributed by atoms with van der Waals surface area (Å²) in [5, 5.41) is 3.30. The molecule has 0 heterocycles. The number of carbonyl (C=O) groups excluding carboxylic acids is 1. The van der Waals surface area contributed by atoms with E-state index in [4.69, 9.17) is 28.9 Å². The maximum atomic E-state index is 11.6. The van der Waals surface area contributed by atoms with E-state index < -0.39 is 0 Å². The van der Waals surface area contributed by atoms with Crippen molar-refractivity contribution in [2.45, 2.75) is 13.3 Å². The van der Waals surface area contributed by atoms with Crippen LogP contribution in [0.5, 0.6) is 0 Å². The van der Waals surface area contributed by atoms with Crippen molar-refractivity contribution in [3.05, 3.63) is 27.7 Å². The van der Waals surface area contributed by atoms with Gasteiger partial charge in [-0.25, -0.2) is 0 Å². The number of nitrogen functional groups attached to an aromatic ring is 1. The summed E-state index contributed by atoms with van der Waals surface area (Å²) in [5.41, 5.74) is 6.33. The number of halogens is 2. The van der Waals surface area contributed by atoms with Gasteiger partial charge in [0, 0.05) is 12.1 Å². The Kier molecular flexibility index (Phi) is 4.24. The number of amides is 1. The predicted octanol–water partition coefficient (Wildman–Crippen LogP) is 2.72. The highest BCUT2D eigenvalue weighted by molar-refractivity contribution is 6.43. The monoisotopic (exact) mass is 246 g/mol. The van der Waals surface area contributed by atoms with Gasteiger partial charge in [0.15, 0.2) is 0 Å². The number of nitrogens with one attached hydrogen (secondary N) is 1. The van der Waals surface area contributed by atoms with Crippen LogP contribution in [0.2, 0.25) is 10.0 Å². The van der Waals surface area contributed by atoms with E-state index in [1.807, 2.05) is 6.92 Å². The average Bonchev–Trinajstić information content (AvgIpc) is 2.21. The highest BCUT2D eigenvalue weighted by atomic mass is 35.5. The molecule has 82 valence electrons. The summed E-state index contributed by atoms with van der Waals surface area (Å²) < 4.78 is 0. The van der Waals surface area contributed by atoms with Gasteiger partial charge >= 0.3 is 0 Å². The van der Waals surface area contributed by atoms with E-state index in [1.165, 1.54) is 12.1 Å². The molecule has 3 N–H and O–H groups in total. The van der Waals surface area contributed by atoms with Crippen LogP contribution in [0.4, 0.5) is 5.69 Å². The molecule has 0 saturated carbocycles. The van der Waals surface area contributed by atoms with Crippen molar-refractivity contribution in [1.82, 2.24) is 5.32 Å². The SMILES string of the molecule is CCCNC(=O)c1cc(N)c(Cl)c(Cl)c1. The van der Waals surface area contributed by atoms with Gasteiger partial charge in [0.2, 0.25) is 0 Å². The lowest BCUT2D eigenvalue weighted by Crippen LogP contribution is -2.24. The van der Waals surface area contributed by atoms with Crippen LogP contribution >= 0.6 is 23.2 Å². The molecule has 0 unspecified atom stereocenters. The predicted molar refractivity (Wildman–Crippen MR) is 63.5 cm³/mol. The third kappa shape index (κ3) is 3.01. The zero-order chi connectivity index (χ0) is 11.4. The fourth-order valence-electron chi connectivity index (χ4n) is 1.08. The summed E-state index contributed by atoms with van der Waals surface area (Å²) in [6.45, 7) is 2.60. The molecule has 0 atom stereocenters. The van der Waals surface area contributed by atoms with E-state index in [0.29, 0.717) is 22.8 Å². The Hall–Kier alpha value is -0.930. The standard InChI is InChI=1S/C10H12Cl2N2O/c1-2-3-14-10(15)6-4-7(11)9(12)8(13)5-6/h4-5H,2-3,13H2,1H3,(H,14,15). The molecule has 0 aliphatic carbocycles. The molecular formula is C10H12Cl2N2O. The Balaban J connectivity index is 2.91. The fraction of sp³-hybridized carbons (Fsp3) is 0.300. The van der Waals surface area contributed by atoms with Gasteiger partial charge in [-0.2, -0.15) is 0 Å². The fourth-order valence-corrected chi connectivity index (χ4v) is 1.42. The summed E-state index contributed by atoms with van der Waals surface area (Å²) >= 11 is 11.6. The molecule has 0 saturated heterocycles. The molecule has 3 nitrogen and oxygen atoms in total. The van der Waals surface area contributed by atoms with Crippen LogP contribution < -0.4 is 11.1 Å². The number of nitrogens with two attached hydrogens (primary N) is 1. The van der Waals surface area contributed by atoms with Gasteiger partial charge in [0.25, 0.3) is 5.91 Å². The van der Waals surface area contributed by atoms with E-state index >= 15 is 0 Å². The molecule has 0 fully saturated rings. The topological polar surface area (TPSA) is 55.1 Å². The van der Waals surface area contributed by atoms with Crippen LogP contribution in [-0.2, 0) is 0 Å². The summed E-state index contributed by atoms with van der Waals surface area (Å²) in [7, 11) is 0. The molecular weight excluding hydrogens is 235 g/mol. The molecule has 0 aromatic heterocycles. The molecule has 15 heavy (non-hydrogen) atoms. The quantitative estimate of drug-likeness (QED) is 0.807. The molecule has 1 amide bonds. The van der Waals surface area contributed by atoms with E-state index in [2.05, 4.69) is 5.32 Å². The molecule has 1 aromatic rings. The Bertz CT molecular complexity index is 357. The summed E-state index contributed by atoms with van der Waals surface area (Å²) in [6, 6.07) is 3.02. The maximum absolute atomic E-state index is 11.6. The van der Waals surface area contributed by atoms with Crippen LogP contribution in [0.3, 0.4) is 0 Å². The first-order valence-corrected chi connectivity index (χ1v) is 5.34. The average molecular weight is 247 g/mol. The molecule has 0 bridgehead atoms. The Morgan fingerprint density at radius 2 is 2.13 bits per heavy atom. The van der Waals surface area contributed by atoms with E-state index in [9.17, 15) is 4.79 Å². The molecule has 0 aliphatic heterocycles. The minimum atomic E-state index is -0.192. The van der Waals surface area contributed by atoms with Gasteiger partial charge in [-0.1, -0.05) is 30.1 Å². The van der Waals surface area contributed by atoms with E-state index in [-0.39, 0.29) is 10.9 Å². The molecule has 0 radical (unpaired) electrons. The van der Waals surface area contributed by atoms with Crippen molar-refractivity contribution in [2.75, 3.05) is 12.3 Å². The van der Waals surface area contributed by atoms with Crippen molar-refractivity contribution in [2.24, 2.45) is 0 Å². The van der Waals surface area contributed by atoms with Gasteiger partial charge in [0.1, 0.15) is 0 Å². The van der Waals surface area contributed by atoms with Crippen LogP contribution in [0, 0.1) is 0 Å². The Morgan fingerprint density at radius 1 is 1.47 bits per heavy atom. The normalized spacial score (nSPS) is 10.1. The lowest BCUT2D eigenvalue weighted by atomic mass is 10.2. The van der Waals surface area contributed by atoms with Gasteiger partial charge in [-0.05, 0) is 18.6 Å². The van der Waals surface area contributed by atoms with Crippen molar-refractivity contribution in [1.29, 1.82) is 0 Å². The number of hydrogen-bond donors (Lipinski definition) is 2. The minimum Gasteiger partial charge on any atom is -0.397 e. The van der Waals surface area contributed by atoms with E-state index in [0.717, 1.165) is 6.42 Å². The highest BCUT2D eigenvalue weighted by Crippen LogP contribution is 2.29. The number of carbonyl (C=O) groups is 1. The second-order valence-electron chi connectivity index (χ2n) is 3.12. The molecule has 1 rings (SSSR count). The summed E-state index contributed by atoms with van der Waals surface area (Å²) in [4.78, 5) is 11.6. The minimum absolute atomic E-state index is 0.192.